The molecule has 96 valence electrons. The van der Waals surface area contributed by atoms with E-state index in [9.17, 15) is 0 Å². The number of hydrogen-bond donors (Lipinski definition) is 1. The maximum absolute atomic E-state index is 5.33. The van der Waals surface area contributed by atoms with Crippen molar-refractivity contribution in [1.29, 1.82) is 0 Å². The van der Waals surface area contributed by atoms with E-state index in [1.54, 1.807) is 7.11 Å². The minimum Gasteiger partial charge on any atom is -0.496 e. The molecule has 0 unspecified atom stereocenters. The first-order chi connectivity index (χ1) is 8.79. The van der Waals surface area contributed by atoms with Gasteiger partial charge in [0.15, 0.2) is 0 Å². The van der Waals surface area contributed by atoms with Crippen LogP contribution < -0.4 is 10.1 Å². The van der Waals surface area contributed by atoms with E-state index in [0.29, 0.717) is 0 Å². The van der Waals surface area contributed by atoms with Gasteiger partial charge >= 0.3 is 0 Å². The topological polar surface area (TPSA) is 26.2 Å². The van der Waals surface area contributed by atoms with Gasteiger partial charge in [0.05, 0.1) is 7.11 Å². The van der Waals surface area contributed by atoms with Gasteiger partial charge in [-0.3, -0.25) is 0 Å². The number of nitrogens with one attached hydrogen (secondary N) is 1. The summed E-state index contributed by atoms with van der Waals surface area (Å²) in [5.74, 6) is 0.971. The fourth-order valence-corrected chi connectivity index (χ4v) is 2.03. The molecule has 0 atom stereocenters. The molecule has 0 fully saturated rings. The van der Waals surface area contributed by atoms with Crippen molar-refractivity contribution >= 4 is 0 Å². The summed E-state index contributed by atoms with van der Waals surface area (Å²) in [6.07, 6.45) is 5.18. The monoisotopic (exact) mass is 244 g/mol. The Balaban J connectivity index is 1.78. The molecule has 0 aliphatic carbocycles. The number of para-hydroxylation sites is 1. The number of methoxy groups -OCH3 is 1. The first-order valence-electron chi connectivity index (χ1n) is 6.23. The van der Waals surface area contributed by atoms with Crippen LogP contribution in [0.3, 0.4) is 0 Å². The fourth-order valence-electron chi connectivity index (χ4n) is 2.03. The molecule has 18 heavy (non-hydrogen) atoms. The Morgan fingerprint density at radius 1 is 1.22 bits per heavy atom. The molecular weight excluding hydrogens is 224 g/mol. The van der Waals surface area contributed by atoms with Gasteiger partial charge in [0, 0.05) is 26.0 Å². The maximum atomic E-state index is 5.33. The van der Waals surface area contributed by atoms with Gasteiger partial charge in [0.2, 0.25) is 0 Å². The molecule has 2 aromatic rings. The largest absolute Gasteiger partial charge is 0.496 e. The predicted octanol–water partition coefficient (Wildman–Crippen LogP) is 2.37. The number of benzene rings is 1. The van der Waals surface area contributed by atoms with Crippen molar-refractivity contribution in [1.82, 2.24) is 9.88 Å². The minimum atomic E-state index is 0.913. The number of hydrogen-bond acceptors (Lipinski definition) is 2. The SMILES string of the molecule is COc1ccccc1CCNCc1ccn(C)c1. The standard InChI is InChI=1S/C15H20N2O/c1-17-10-8-13(12-17)11-16-9-7-14-5-3-4-6-15(14)18-2/h3-6,8,10,12,16H,7,9,11H2,1-2H3. The average molecular weight is 244 g/mol. The third-order valence-electron chi connectivity index (χ3n) is 2.99. The van der Waals surface area contributed by atoms with Crippen LogP contribution in [0.2, 0.25) is 0 Å². The Bertz CT molecular complexity index is 491. The molecule has 3 heteroatoms. The summed E-state index contributed by atoms with van der Waals surface area (Å²) in [7, 11) is 3.76. The number of nitrogens with zero attached hydrogens (tertiary/aromatic N) is 1. The Morgan fingerprint density at radius 2 is 2.06 bits per heavy atom. The second-order valence-electron chi connectivity index (χ2n) is 4.42. The second-order valence-corrected chi connectivity index (χ2v) is 4.42. The number of aromatic nitrogens is 1. The molecule has 1 aromatic carbocycles. The van der Waals surface area contributed by atoms with E-state index < -0.39 is 0 Å². The lowest BCUT2D eigenvalue weighted by atomic mass is 10.1. The van der Waals surface area contributed by atoms with E-state index in [1.807, 2.05) is 19.2 Å². The third-order valence-corrected chi connectivity index (χ3v) is 2.99. The van der Waals surface area contributed by atoms with Gasteiger partial charge in [-0.05, 0) is 36.2 Å². The first-order valence-corrected chi connectivity index (χ1v) is 6.23. The molecule has 1 aromatic heterocycles. The zero-order chi connectivity index (χ0) is 12.8. The van der Waals surface area contributed by atoms with Crippen LogP contribution in [-0.4, -0.2) is 18.2 Å². The lowest BCUT2D eigenvalue weighted by Crippen LogP contribution is -2.16. The molecule has 0 aliphatic heterocycles. The van der Waals surface area contributed by atoms with Crippen molar-refractivity contribution in [2.24, 2.45) is 7.05 Å². The van der Waals surface area contributed by atoms with E-state index in [-0.39, 0.29) is 0 Å². The minimum absolute atomic E-state index is 0.913. The molecule has 0 amide bonds. The highest BCUT2D eigenvalue weighted by Crippen LogP contribution is 2.17. The quantitative estimate of drug-likeness (QED) is 0.790. The van der Waals surface area contributed by atoms with E-state index in [1.165, 1.54) is 11.1 Å². The number of ether oxygens (including phenoxy) is 1. The summed E-state index contributed by atoms with van der Waals surface area (Å²) in [6, 6.07) is 10.3. The molecule has 0 bridgehead atoms. The maximum Gasteiger partial charge on any atom is 0.122 e. The van der Waals surface area contributed by atoms with Gasteiger partial charge in [0.1, 0.15) is 5.75 Å². The van der Waals surface area contributed by atoms with Crippen LogP contribution >= 0.6 is 0 Å². The average Bonchev–Trinajstić information content (AvgIpc) is 2.81. The van der Waals surface area contributed by atoms with Crippen molar-refractivity contribution in [2.45, 2.75) is 13.0 Å². The lowest BCUT2D eigenvalue weighted by molar-refractivity contribution is 0.409. The Hall–Kier alpha value is -1.74. The lowest BCUT2D eigenvalue weighted by Gasteiger charge is -2.08. The van der Waals surface area contributed by atoms with Crippen molar-refractivity contribution in [3.8, 4) is 5.75 Å². The van der Waals surface area contributed by atoms with Crippen LogP contribution in [-0.2, 0) is 20.0 Å². The van der Waals surface area contributed by atoms with Crippen molar-refractivity contribution in [2.75, 3.05) is 13.7 Å². The van der Waals surface area contributed by atoms with Crippen molar-refractivity contribution in [3.63, 3.8) is 0 Å². The summed E-state index contributed by atoms with van der Waals surface area (Å²) in [6.45, 7) is 1.87. The van der Waals surface area contributed by atoms with Crippen molar-refractivity contribution in [3.05, 3.63) is 53.9 Å². The molecule has 1 heterocycles. The molecule has 0 radical (unpaired) electrons. The molecule has 2 rings (SSSR count). The molecule has 0 aliphatic rings. The zero-order valence-electron chi connectivity index (χ0n) is 11.0. The molecule has 0 saturated heterocycles. The van der Waals surface area contributed by atoms with E-state index >= 15 is 0 Å². The van der Waals surface area contributed by atoms with Gasteiger partial charge < -0.3 is 14.6 Å². The predicted molar refractivity (Wildman–Crippen MR) is 73.8 cm³/mol. The van der Waals surface area contributed by atoms with E-state index in [2.05, 4.69) is 40.5 Å². The molecule has 1 N–H and O–H groups in total. The smallest absolute Gasteiger partial charge is 0.122 e. The number of aryl methyl sites for hydroxylation is 1. The highest BCUT2D eigenvalue weighted by atomic mass is 16.5. The van der Waals surface area contributed by atoms with Crippen LogP contribution in [0.1, 0.15) is 11.1 Å². The Kier molecular flexibility index (Phi) is 4.42. The van der Waals surface area contributed by atoms with Gasteiger partial charge in [-0.1, -0.05) is 18.2 Å². The van der Waals surface area contributed by atoms with Gasteiger partial charge in [-0.2, -0.15) is 0 Å². The molecule has 0 spiro atoms. The summed E-state index contributed by atoms with van der Waals surface area (Å²) >= 11 is 0. The van der Waals surface area contributed by atoms with Crippen LogP contribution in [0.25, 0.3) is 0 Å². The van der Waals surface area contributed by atoms with Crippen LogP contribution in [0.15, 0.2) is 42.7 Å². The van der Waals surface area contributed by atoms with Crippen LogP contribution in [0, 0.1) is 0 Å². The fraction of sp³-hybridized carbons (Fsp3) is 0.333. The Morgan fingerprint density at radius 3 is 2.78 bits per heavy atom. The van der Waals surface area contributed by atoms with Crippen molar-refractivity contribution < 1.29 is 4.74 Å². The van der Waals surface area contributed by atoms with Crippen LogP contribution in [0.5, 0.6) is 5.75 Å². The van der Waals surface area contributed by atoms with E-state index in [4.69, 9.17) is 4.74 Å². The normalized spacial score (nSPS) is 10.6. The summed E-state index contributed by atoms with van der Waals surface area (Å²) in [4.78, 5) is 0. The molecule has 3 nitrogen and oxygen atoms in total. The number of rotatable bonds is 6. The molecular formula is C15H20N2O. The van der Waals surface area contributed by atoms with Crippen LogP contribution in [0.4, 0.5) is 0 Å². The second kappa shape index (κ2) is 6.26. The third kappa shape index (κ3) is 3.37. The molecule has 0 saturated carbocycles. The van der Waals surface area contributed by atoms with E-state index in [0.717, 1.165) is 25.3 Å². The Labute approximate surface area is 108 Å². The van der Waals surface area contributed by atoms with Gasteiger partial charge in [0.25, 0.3) is 0 Å². The highest BCUT2D eigenvalue weighted by molar-refractivity contribution is 5.33. The zero-order valence-corrected chi connectivity index (χ0v) is 11.0. The van der Waals surface area contributed by atoms with Gasteiger partial charge in [-0.15, -0.1) is 0 Å². The summed E-state index contributed by atoms with van der Waals surface area (Å²) in [5, 5.41) is 3.45. The summed E-state index contributed by atoms with van der Waals surface area (Å²) in [5.41, 5.74) is 2.57. The summed E-state index contributed by atoms with van der Waals surface area (Å²) < 4.78 is 7.40. The highest BCUT2D eigenvalue weighted by Gasteiger charge is 2.01. The van der Waals surface area contributed by atoms with Gasteiger partial charge in [-0.25, -0.2) is 0 Å². The first kappa shape index (κ1) is 12.7.